The predicted octanol–water partition coefficient (Wildman–Crippen LogP) is 5.70. The number of halogens is 2. The van der Waals surface area contributed by atoms with Crippen LogP contribution in [0, 0.1) is 33.1 Å². The first-order valence-corrected chi connectivity index (χ1v) is 19.5. The second-order valence-corrected chi connectivity index (χ2v) is 15.0. The summed E-state index contributed by atoms with van der Waals surface area (Å²) in [6.07, 6.45) is 7.28. The molecule has 4 aromatic rings. The molecule has 3 amide bonds. The number of thiophene rings is 1. The molecule has 2 N–H and O–H groups in total. The van der Waals surface area contributed by atoms with Gasteiger partial charge in [-0.05, 0) is 63.4 Å². The van der Waals surface area contributed by atoms with Gasteiger partial charge in [0.25, 0.3) is 0 Å². The third kappa shape index (κ3) is 8.57. The van der Waals surface area contributed by atoms with Crippen molar-refractivity contribution in [3.05, 3.63) is 80.7 Å². The normalized spacial score (nSPS) is 14.4. The number of aliphatic imine (C=N–C) groups is 1. The van der Waals surface area contributed by atoms with Crippen molar-refractivity contribution in [2.75, 3.05) is 55.0 Å². The van der Waals surface area contributed by atoms with E-state index in [1.165, 1.54) is 4.88 Å². The summed E-state index contributed by atoms with van der Waals surface area (Å²) in [6.45, 7) is 8.47. The van der Waals surface area contributed by atoms with Gasteiger partial charge in [-0.1, -0.05) is 23.7 Å². The Kier molecular flexibility index (Phi) is 12.6. The van der Waals surface area contributed by atoms with Crippen LogP contribution in [0.5, 0.6) is 5.75 Å². The fourth-order valence-electron chi connectivity index (χ4n) is 6.56. The summed E-state index contributed by atoms with van der Waals surface area (Å²) in [5.41, 5.74) is 5.26. The molecule has 1 atom stereocenters. The van der Waals surface area contributed by atoms with Crippen LogP contribution in [0.15, 0.2) is 47.5 Å². The van der Waals surface area contributed by atoms with E-state index in [1.807, 2.05) is 52.8 Å². The first kappa shape index (κ1) is 38.8. The fraction of sp³-hybridized carbons (Fsp3) is 0.385. The van der Waals surface area contributed by atoms with E-state index in [2.05, 4.69) is 40.6 Å². The van der Waals surface area contributed by atoms with E-state index < -0.39 is 6.04 Å². The van der Waals surface area contributed by atoms with Crippen LogP contribution in [0.3, 0.4) is 0 Å². The predicted molar refractivity (Wildman–Crippen MR) is 214 cm³/mol. The van der Waals surface area contributed by atoms with Gasteiger partial charge < -0.3 is 25.2 Å². The summed E-state index contributed by atoms with van der Waals surface area (Å²) in [5.74, 6) is 3.82. The Balaban J connectivity index is 1.01. The SMILES string of the molecule is C#CCCN(C(=O)CCl)c1ccc2c(c1)OCCN2CC(=O)NCCCCNC(=O)C[C@@H]1N=C(c2ccc(Cl)cc2)c2c(sc(C)c2C)-n2c(C)nnc21. The Morgan fingerprint density at radius 3 is 2.52 bits per heavy atom. The molecule has 6 rings (SSSR count). The number of fused-ring (bicyclic) bond motifs is 4. The van der Waals surface area contributed by atoms with Crippen molar-refractivity contribution in [1.82, 2.24) is 25.4 Å². The third-order valence-corrected chi connectivity index (χ3v) is 11.1. The van der Waals surface area contributed by atoms with Crippen LogP contribution in [-0.2, 0) is 14.4 Å². The zero-order valence-electron chi connectivity index (χ0n) is 30.5. The van der Waals surface area contributed by atoms with Crippen LogP contribution in [0.25, 0.3) is 5.00 Å². The number of anilines is 2. The Morgan fingerprint density at radius 2 is 1.80 bits per heavy atom. The molecular formula is C39H42Cl2N8O4S. The van der Waals surface area contributed by atoms with Crippen molar-refractivity contribution in [2.45, 2.75) is 52.5 Å². The summed E-state index contributed by atoms with van der Waals surface area (Å²) < 4.78 is 7.90. The number of nitrogens with zero attached hydrogens (tertiary/aromatic N) is 6. The van der Waals surface area contributed by atoms with Gasteiger partial charge in [0.2, 0.25) is 17.7 Å². The minimum atomic E-state index is -0.548. The van der Waals surface area contributed by atoms with Crippen LogP contribution < -0.4 is 25.2 Å². The van der Waals surface area contributed by atoms with Crippen LogP contribution in [0.2, 0.25) is 5.02 Å². The Hall–Kier alpha value is -4.90. The van der Waals surface area contributed by atoms with E-state index in [-0.39, 0.29) is 36.6 Å². The lowest BCUT2D eigenvalue weighted by atomic mass is 9.99. The third-order valence-electron chi connectivity index (χ3n) is 9.43. The topological polar surface area (TPSA) is 134 Å². The Morgan fingerprint density at radius 1 is 1.06 bits per heavy atom. The number of alkyl halides is 1. The molecule has 0 fully saturated rings. The highest BCUT2D eigenvalue weighted by molar-refractivity contribution is 7.15. The van der Waals surface area contributed by atoms with Gasteiger partial charge in [0, 0.05) is 58.8 Å². The molecule has 2 aromatic heterocycles. The zero-order chi connectivity index (χ0) is 38.4. The molecule has 2 aliphatic rings. The van der Waals surface area contributed by atoms with Crippen molar-refractivity contribution < 1.29 is 19.1 Å². The lowest BCUT2D eigenvalue weighted by Gasteiger charge is -2.32. The van der Waals surface area contributed by atoms with Gasteiger partial charge in [-0.25, -0.2) is 0 Å². The highest BCUT2D eigenvalue weighted by Gasteiger charge is 2.32. The average molecular weight is 790 g/mol. The number of nitrogens with one attached hydrogen (secondary N) is 2. The number of terminal acetylenes is 1. The molecule has 0 saturated carbocycles. The van der Waals surface area contributed by atoms with Crippen LogP contribution >= 0.6 is 34.5 Å². The number of hydrogen-bond donors (Lipinski definition) is 2. The quantitative estimate of drug-likeness (QED) is 0.0953. The van der Waals surface area contributed by atoms with Crippen LogP contribution in [0.1, 0.15) is 64.9 Å². The van der Waals surface area contributed by atoms with Crippen molar-refractivity contribution in [3.63, 3.8) is 0 Å². The van der Waals surface area contributed by atoms with Crippen molar-refractivity contribution >= 4 is 69.3 Å². The molecule has 0 aliphatic carbocycles. The maximum absolute atomic E-state index is 13.3. The number of benzene rings is 2. The Bertz CT molecular complexity index is 2110. The maximum atomic E-state index is 13.3. The number of aromatic nitrogens is 3. The second-order valence-electron chi connectivity index (χ2n) is 13.1. The number of amides is 3. The highest BCUT2D eigenvalue weighted by atomic mass is 35.5. The smallest absolute Gasteiger partial charge is 0.241 e. The van der Waals surface area contributed by atoms with E-state index in [0.717, 1.165) is 38.9 Å². The van der Waals surface area contributed by atoms with Gasteiger partial charge in [-0.3, -0.25) is 23.9 Å². The van der Waals surface area contributed by atoms with Crippen molar-refractivity contribution in [3.8, 4) is 23.1 Å². The number of carbonyl (C=O) groups excluding carboxylic acids is 3. The van der Waals surface area contributed by atoms with E-state index in [4.69, 9.17) is 39.4 Å². The molecule has 282 valence electrons. The van der Waals surface area contributed by atoms with Crippen molar-refractivity contribution in [1.29, 1.82) is 0 Å². The lowest BCUT2D eigenvalue weighted by Crippen LogP contribution is -2.41. The van der Waals surface area contributed by atoms with Gasteiger partial charge >= 0.3 is 0 Å². The first-order chi connectivity index (χ1) is 26.1. The standard InChI is InChI=1S/C39H42Cl2N8O4S/c1-5-6-17-48(35(52)22-40)29-13-14-31-32(20-29)53-19-18-47(31)23-34(51)43-16-8-7-15-42-33(50)21-30-38-46-45-26(4)49(38)39-36(24(2)25(3)54-39)37(44-30)27-9-11-28(41)12-10-27/h1,9-14,20,30H,6-8,15-19,21-23H2,2-4H3,(H,42,50)(H,43,51)/t30-/m0/s1. The molecule has 0 spiro atoms. The van der Waals surface area contributed by atoms with Gasteiger partial charge in [0.1, 0.15) is 35.1 Å². The van der Waals surface area contributed by atoms with E-state index in [0.29, 0.717) is 74.3 Å². The minimum absolute atomic E-state index is 0.105. The molecule has 15 heteroatoms. The molecule has 2 aliphatic heterocycles. The molecule has 4 heterocycles. The molecule has 0 radical (unpaired) electrons. The number of unbranched alkanes of at least 4 members (excludes halogenated alkanes) is 1. The van der Waals surface area contributed by atoms with Crippen LogP contribution in [-0.4, -0.2) is 83.4 Å². The summed E-state index contributed by atoms with van der Waals surface area (Å²) in [7, 11) is 0. The molecule has 54 heavy (non-hydrogen) atoms. The van der Waals surface area contributed by atoms with Gasteiger partial charge in [0.05, 0.1) is 30.9 Å². The molecule has 0 saturated heterocycles. The minimum Gasteiger partial charge on any atom is -0.489 e. The highest BCUT2D eigenvalue weighted by Crippen LogP contribution is 2.40. The average Bonchev–Trinajstić information content (AvgIpc) is 3.64. The fourth-order valence-corrected chi connectivity index (χ4v) is 8.04. The van der Waals surface area contributed by atoms with Crippen LogP contribution in [0.4, 0.5) is 11.4 Å². The van der Waals surface area contributed by atoms with Crippen molar-refractivity contribution in [2.24, 2.45) is 4.99 Å². The van der Waals surface area contributed by atoms with Gasteiger partial charge in [0.15, 0.2) is 5.82 Å². The number of ether oxygens (including phenoxy) is 1. The number of rotatable bonds is 14. The van der Waals surface area contributed by atoms with E-state index in [1.54, 1.807) is 22.3 Å². The Labute approximate surface area is 328 Å². The van der Waals surface area contributed by atoms with E-state index >= 15 is 0 Å². The summed E-state index contributed by atoms with van der Waals surface area (Å²) in [4.78, 5) is 48.5. The molecule has 2 aromatic carbocycles. The zero-order valence-corrected chi connectivity index (χ0v) is 32.8. The molecule has 12 nitrogen and oxygen atoms in total. The second kappa shape index (κ2) is 17.5. The lowest BCUT2D eigenvalue weighted by molar-refractivity contribution is -0.122. The summed E-state index contributed by atoms with van der Waals surface area (Å²) in [6, 6.07) is 12.5. The maximum Gasteiger partial charge on any atom is 0.241 e. The molecular weight excluding hydrogens is 747 g/mol. The van der Waals surface area contributed by atoms with Gasteiger partial charge in [-0.2, -0.15) is 0 Å². The summed E-state index contributed by atoms with van der Waals surface area (Å²) in [5, 5.41) is 16.5. The van der Waals surface area contributed by atoms with E-state index in [9.17, 15) is 14.4 Å². The molecule has 0 bridgehead atoms. The number of hydrogen-bond acceptors (Lipinski definition) is 9. The first-order valence-electron chi connectivity index (χ1n) is 17.8. The number of carbonyl (C=O) groups is 3. The van der Waals surface area contributed by atoms with Gasteiger partial charge in [-0.15, -0.1) is 45.5 Å². The summed E-state index contributed by atoms with van der Waals surface area (Å²) >= 11 is 13.7. The molecule has 0 unspecified atom stereocenters. The largest absolute Gasteiger partial charge is 0.489 e. The number of aryl methyl sites for hydroxylation is 2. The monoisotopic (exact) mass is 788 g/mol.